The van der Waals surface area contributed by atoms with E-state index in [9.17, 15) is 14.4 Å². The van der Waals surface area contributed by atoms with Gasteiger partial charge in [-0.1, -0.05) is 55.1 Å². The third kappa shape index (κ3) is 6.00. The topological polar surface area (TPSA) is 99.3 Å². The summed E-state index contributed by atoms with van der Waals surface area (Å²) < 4.78 is 0. The zero-order chi connectivity index (χ0) is 21.3. The van der Waals surface area contributed by atoms with E-state index in [2.05, 4.69) is 27.6 Å². The molecule has 3 amide bonds. The smallest absolute Gasteiger partial charge is 0.298 e. The van der Waals surface area contributed by atoms with E-state index in [0.29, 0.717) is 12.8 Å². The van der Waals surface area contributed by atoms with Gasteiger partial charge in [0.2, 0.25) is 11.8 Å². The van der Waals surface area contributed by atoms with E-state index in [0.717, 1.165) is 41.7 Å². The van der Waals surface area contributed by atoms with E-state index in [1.165, 1.54) is 5.56 Å². The molecule has 8 heteroatoms. The maximum absolute atomic E-state index is 12.1. The summed E-state index contributed by atoms with van der Waals surface area (Å²) in [4.78, 5) is 36.0. The number of nitrogens with one attached hydrogen (secondary N) is 4. The fourth-order valence-electron chi connectivity index (χ4n) is 3.41. The minimum atomic E-state index is -0.477. The summed E-state index contributed by atoms with van der Waals surface area (Å²) in [7, 11) is 0. The van der Waals surface area contributed by atoms with E-state index in [1.54, 1.807) is 0 Å². The Kier molecular flexibility index (Phi) is 7.73. The number of anilines is 2. The van der Waals surface area contributed by atoms with E-state index in [1.807, 2.05) is 49.4 Å². The minimum absolute atomic E-state index is 0.0374. The Morgan fingerprint density at radius 3 is 2.63 bits per heavy atom. The van der Waals surface area contributed by atoms with Gasteiger partial charge in [0.25, 0.3) is 5.24 Å². The van der Waals surface area contributed by atoms with Crippen LogP contribution >= 0.6 is 11.8 Å². The molecule has 2 aromatic rings. The molecule has 0 radical (unpaired) electrons. The standard InChI is InChI=1S/C22H26N4O3S/c1-2-15-7-3-5-9-18(15)24-21(28)14-30-22(29)26-25-20(27)12-11-16-13-23-19-10-6-4-8-17(16)19/h3-10,16,23H,2,11-14H2,1H3,(H,24,28)(H,25,27)(H,26,29). The van der Waals surface area contributed by atoms with Crippen molar-refractivity contribution < 1.29 is 14.4 Å². The summed E-state index contributed by atoms with van der Waals surface area (Å²) in [5.41, 5.74) is 8.89. The van der Waals surface area contributed by atoms with Crippen LogP contribution in [0.4, 0.5) is 16.2 Å². The molecule has 0 aromatic heterocycles. The van der Waals surface area contributed by atoms with Gasteiger partial charge in [0.05, 0.1) is 5.75 Å². The molecule has 1 atom stereocenters. The maximum atomic E-state index is 12.1. The second kappa shape index (κ2) is 10.7. The third-order valence-electron chi connectivity index (χ3n) is 4.97. The van der Waals surface area contributed by atoms with E-state index < -0.39 is 5.24 Å². The number of thioether (sulfide) groups is 1. The average molecular weight is 427 g/mol. The first-order valence-corrected chi connectivity index (χ1v) is 11.0. The van der Waals surface area contributed by atoms with Crippen LogP contribution in [0.3, 0.4) is 0 Å². The van der Waals surface area contributed by atoms with Crippen LogP contribution in [0, 0.1) is 0 Å². The van der Waals surface area contributed by atoms with Crippen molar-refractivity contribution in [2.75, 3.05) is 22.9 Å². The molecule has 0 spiro atoms. The van der Waals surface area contributed by atoms with Gasteiger partial charge >= 0.3 is 0 Å². The van der Waals surface area contributed by atoms with Crippen molar-refractivity contribution in [3.8, 4) is 0 Å². The Bertz CT molecular complexity index is 919. The van der Waals surface area contributed by atoms with Gasteiger partial charge in [0.15, 0.2) is 0 Å². The highest BCUT2D eigenvalue weighted by molar-refractivity contribution is 8.14. The quantitative estimate of drug-likeness (QED) is 0.507. The molecule has 0 fully saturated rings. The van der Waals surface area contributed by atoms with Gasteiger partial charge in [-0.2, -0.15) is 0 Å². The van der Waals surface area contributed by atoms with Gasteiger partial charge in [0, 0.05) is 30.3 Å². The molecule has 0 bridgehead atoms. The third-order valence-corrected chi connectivity index (χ3v) is 5.74. The van der Waals surface area contributed by atoms with Gasteiger partial charge in [-0.05, 0) is 36.1 Å². The number of benzene rings is 2. The number of amides is 3. The summed E-state index contributed by atoms with van der Waals surface area (Å²) in [5, 5.41) is 5.66. The van der Waals surface area contributed by atoms with Crippen LogP contribution in [0.25, 0.3) is 0 Å². The second-order valence-electron chi connectivity index (χ2n) is 7.01. The van der Waals surface area contributed by atoms with Crippen molar-refractivity contribution in [2.24, 2.45) is 0 Å². The number of hydrazine groups is 1. The zero-order valence-corrected chi connectivity index (χ0v) is 17.7. The number of hydrogen-bond acceptors (Lipinski definition) is 5. The molecule has 158 valence electrons. The van der Waals surface area contributed by atoms with Crippen molar-refractivity contribution >= 4 is 40.2 Å². The lowest BCUT2D eigenvalue weighted by Gasteiger charge is -2.11. The predicted octanol–water partition coefficient (Wildman–Crippen LogP) is 3.65. The summed E-state index contributed by atoms with van der Waals surface area (Å²) in [5.74, 6) is -0.277. The molecule has 1 aliphatic rings. The van der Waals surface area contributed by atoms with Crippen molar-refractivity contribution in [1.82, 2.24) is 10.9 Å². The maximum Gasteiger partial charge on any atom is 0.298 e. The second-order valence-corrected chi connectivity index (χ2v) is 7.96. The van der Waals surface area contributed by atoms with Gasteiger partial charge in [-0.25, -0.2) is 0 Å². The first kappa shape index (κ1) is 21.7. The largest absolute Gasteiger partial charge is 0.384 e. The Labute approximate surface area is 180 Å². The first-order valence-electron chi connectivity index (χ1n) is 9.99. The molecule has 1 aliphatic heterocycles. The molecule has 1 unspecified atom stereocenters. The molecule has 30 heavy (non-hydrogen) atoms. The van der Waals surface area contributed by atoms with Gasteiger partial charge < -0.3 is 10.6 Å². The molecule has 3 rings (SSSR count). The molecular weight excluding hydrogens is 400 g/mol. The molecule has 0 aliphatic carbocycles. The summed E-state index contributed by atoms with van der Waals surface area (Å²) in [6.07, 6.45) is 1.80. The number of para-hydroxylation sites is 2. The number of carbonyl (C=O) groups is 3. The van der Waals surface area contributed by atoms with Crippen LogP contribution in [-0.2, 0) is 16.0 Å². The zero-order valence-electron chi connectivity index (χ0n) is 16.9. The van der Waals surface area contributed by atoms with Crippen molar-refractivity contribution in [3.63, 3.8) is 0 Å². The molecule has 2 aromatic carbocycles. The lowest BCUT2D eigenvalue weighted by atomic mass is 9.96. The van der Waals surface area contributed by atoms with Crippen LogP contribution < -0.4 is 21.5 Å². The predicted molar refractivity (Wildman–Crippen MR) is 120 cm³/mol. The van der Waals surface area contributed by atoms with Gasteiger partial charge in [-0.3, -0.25) is 25.2 Å². The monoisotopic (exact) mass is 426 g/mol. The number of fused-ring (bicyclic) bond motifs is 1. The van der Waals surface area contributed by atoms with E-state index >= 15 is 0 Å². The molecular formula is C22H26N4O3S. The van der Waals surface area contributed by atoms with E-state index in [4.69, 9.17) is 0 Å². The fraction of sp³-hybridized carbons (Fsp3) is 0.318. The minimum Gasteiger partial charge on any atom is -0.384 e. The summed E-state index contributed by atoms with van der Waals surface area (Å²) in [6, 6.07) is 15.6. The van der Waals surface area contributed by atoms with Crippen LogP contribution in [0.1, 0.15) is 36.8 Å². The van der Waals surface area contributed by atoms with Crippen molar-refractivity contribution in [3.05, 3.63) is 59.7 Å². The van der Waals surface area contributed by atoms with Gasteiger partial charge in [0.1, 0.15) is 0 Å². The van der Waals surface area contributed by atoms with Crippen LogP contribution in [0.5, 0.6) is 0 Å². The summed E-state index contributed by atoms with van der Waals surface area (Å²) >= 11 is 0.807. The number of carbonyl (C=O) groups excluding carboxylic acids is 3. The van der Waals surface area contributed by atoms with Crippen molar-refractivity contribution in [1.29, 1.82) is 0 Å². The molecule has 4 N–H and O–H groups in total. The highest BCUT2D eigenvalue weighted by Crippen LogP contribution is 2.33. The SMILES string of the molecule is CCc1ccccc1NC(=O)CSC(=O)NNC(=O)CCC1CNc2ccccc21. The molecule has 1 heterocycles. The lowest BCUT2D eigenvalue weighted by Crippen LogP contribution is -2.40. The first-order chi connectivity index (χ1) is 14.6. The normalized spacial score (nSPS) is 14.4. The Hall–Kier alpha value is -3.00. The Balaban J connectivity index is 1.33. The number of hydrogen-bond donors (Lipinski definition) is 4. The Morgan fingerprint density at radius 1 is 1.03 bits per heavy atom. The van der Waals surface area contributed by atoms with E-state index in [-0.39, 0.29) is 23.5 Å². The van der Waals surface area contributed by atoms with Crippen LogP contribution in [0.15, 0.2) is 48.5 Å². The molecule has 0 saturated heterocycles. The highest BCUT2D eigenvalue weighted by atomic mass is 32.2. The molecule has 7 nitrogen and oxygen atoms in total. The lowest BCUT2D eigenvalue weighted by molar-refractivity contribution is -0.121. The van der Waals surface area contributed by atoms with Crippen LogP contribution in [0.2, 0.25) is 0 Å². The average Bonchev–Trinajstić information content (AvgIpc) is 3.18. The Morgan fingerprint density at radius 2 is 1.80 bits per heavy atom. The molecule has 0 saturated carbocycles. The van der Waals surface area contributed by atoms with Crippen LogP contribution in [-0.4, -0.2) is 29.4 Å². The fourth-order valence-corrected chi connectivity index (χ4v) is 3.86. The number of aryl methyl sites for hydroxylation is 1. The number of rotatable bonds is 7. The van der Waals surface area contributed by atoms with Gasteiger partial charge in [-0.15, -0.1) is 0 Å². The highest BCUT2D eigenvalue weighted by Gasteiger charge is 2.22. The van der Waals surface area contributed by atoms with Crippen molar-refractivity contribution in [2.45, 2.75) is 32.1 Å². The summed E-state index contributed by atoms with van der Waals surface area (Å²) in [6.45, 7) is 2.82.